The average molecular weight is 351 g/mol. The molecule has 20 heavy (non-hydrogen) atoms. The Labute approximate surface area is 128 Å². The molecular formula is C13H11BrN4OS. The number of carbonyl (C=O) groups excluding carboxylic acids is 1. The van der Waals surface area contributed by atoms with Gasteiger partial charge in [-0.1, -0.05) is 28.1 Å². The molecule has 0 saturated carbocycles. The van der Waals surface area contributed by atoms with Gasteiger partial charge in [0.25, 0.3) is 5.91 Å². The van der Waals surface area contributed by atoms with Crippen LogP contribution in [0.25, 0.3) is 0 Å². The van der Waals surface area contributed by atoms with Crippen molar-refractivity contribution in [3.63, 3.8) is 0 Å². The standard InChI is InChI=1S/C13H11BrN4OS/c1-18-11(19)13(17-12(18)15,10-6-20-7-16-10)8-3-2-4-9(14)5-8/h2-7H,1H3,(H2,15,17). The van der Waals surface area contributed by atoms with Gasteiger partial charge >= 0.3 is 0 Å². The molecule has 1 aliphatic heterocycles. The van der Waals surface area contributed by atoms with Gasteiger partial charge in [0, 0.05) is 16.9 Å². The molecule has 0 bridgehead atoms. The van der Waals surface area contributed by atoms with Crippen molar-refractivity contribution in [3.8, 4) is 0 Å². The fourth-order valence-corrected chi connectivity index (χ4v) is 3.24. The van der Waals surface area contributed by atoms with Crippen LogP contribution >= 0.6 is 27.3 Å². The van der Waals surface area contributed by atoms with Crippen LogP contribution in [0.5, 0.6) is 0 Å². The number of aromatic nitrogens is 1. The first-order valence-electron chi connectivity index (χ1n) is 5.84. The van der Waals surface area contributed by atoms with Gasteiger partial charge in [-0.2, -0.15) is 0 Å². The number of amides is 1. The molecule has 102 valence electrons. The Bertz CT molecular complexity index is 700. The first-order valence-corrected chi connectivity index (χ1v) is 7.57. The number of hydrogen-bond donors (Lipinski definition) is 1. The summed E-state index contributed by atoms with van der Waals surface area (Å²) in [6.07, 6.45) is 0. The second-order valence-electron chi connectivity index (χ2n) is 4.43. The number of nitrogens with two attached hydrogens (primary N) is 1. The molecule has 2 N–H and O–H groups in total. The van der Waals surface area contributed by atoms with Gasteiger partial charge < -0.3 is 5.73 Å². The van der Waals surface area contributed by atoms with E-state index >= 15 is 0 Å². The van der Waals surface area contributed by atoms with Crippen molar-refractivity contribution < 1.29 is 4.79 Å². The normalized spacial score (nSPS) is 22.2. The van der Waals surface area contributed by atoms with Crippen molar-refractivity contribution in [3.05, 3.63) is 50.9 Å². The second-order valence-corrected chi connectivity index (χ2v) is 6.06. The van der Waals surface area contributed by atoms with Crippen LogP contribution in [0.3, 0.4) is 0 Å². The quantitative estimate of drug-likeness (QED) is 0.899. The van der Waals surface area contributed by atoms with E-state index in [1.807, 2.05) is 29.6 Å². The second kappa shape index (κ2) is 4.68. The molecule has 1 aliphatic rings. The molecule has 1 aromatic carbocycles. The molecule has 0 aliphatic carbocycles. The highest BCUT2D eigenvalue weighted by atomic mass is 79.9. The van der Waals surface area contributed by atoms with Crippen LogP contribution in [-0.4, -0.2) is 28.8 Å². The molecule has 7 heteroatoms. The lowest BCUT2D eigenvalue weighted by atomic mass is 9.87. The summed E-state index contributed by atoms with van der Waals surface area (Å²) in [5.74, 6) is 0.00183. The Morgan fingerprint density at radius 2 is 2.25 bits per heavy atom. The highest BCUT2D eigenvalue weighted by Crippen LogP contribution is 2.39. The number of nitrogens with zero attached hydrogens (tertiary/aromatic N) is 3. The van der Waals surface area contributed by atoms with E-state index in [1.54, 1.807) is 12.6 Å². The SMILES string of the molecule is CN1C(=O)C(c2cccc(Br)c2)(c2cscn2)N=C1N. The van der Waals surface area contributed by atoms with Crippen molar-refractivity contribution in [2.75, 3.05) is 7.05 Å². The van der Waals surface area contributed by atoms with E-state index in [-0.39, 0.29) is 11.9 Å². The number of guanidine groups is 1. The van der Waals surface area contributed by atoms with Crippen molar-refractivity contribution in [1.29, 1.82) is 0 Å². The minimum atomic E-state index is -1.18. The van der Waals surface area contributed by atoms with Gasteiger partial charge in [0.15, 0.2) is 5.96 Å². The summed E-state index contributed by atoms with van der Waals surface area (Å²) in [5.41, 5.74) is 7.69. The van der Waals surface area contributed by atoms with Crippen LogP contribution in [-0.2, 0) is 10.3 Å². The molecule has 2 heterocycles. The van der Waals surface area contributed by atoms with Gasteiger partial charge in [-0.05, 0) is 17.7 Å². The van der Waals surface area contributed by atoms with Gasteiger partial charge in [0.2, 0.25) is 5.54 Å². The third-order valence-electron chi connectivity index (χ3n) is 3.29. The number of hydrogen-bond acceptors (Lipinski definition) is 5. The highest BCUT2D eigenvalue weighted by molar-refractivity contribution is 9.10. The third-order valence-corrected chi connectivity index (χ3v) is 4.37. The Morgan fingerprint density at radius 3 is 2.80 bits per heavy atom. The maximum atomic E-state index is 12.7. The minimum absolute atomic E-state index is 0.195. The molecule has 1 unspecified atom stereocenters. The van der Waals surface area contributed by atoms with Crippen molar-refractivity contribution in [2.45, 2.75) is 5.54 Å². The molecule has 0 saturated heterocycles. The number of aliphatic imine (C=N–C) groups is 1. The van der Waals surface area contributed by atoms with Crippen LogP contribution in [0.4, 0.5) is 0 Å². The fourth-order valence-electron chi connectivity index (χ4n) is 2.25. The maximum absolute atomic E-state index is 12.7. The highest BCUT2D eigenvalue weighted by Gasteiger charge is 2.50. The summed E-state index contributed by atoms with van der Waals surface area (Å²) in [5, 5.41) is 1.83. The molecular weight excluding hydrogens is 340 g/mol. The van der Waals surface area contributed by atoms with Crippen LogP contribution in [0, 0.1) is 0 Å². The zero-order valence-corrected chi connectivity index (χ0v) is 13.0. The van der Waals surface area contributed by atoms with E-state index in [2.05, 4.69) is 25.9 Å². The molecule has 1 aromatic heterocycles. The first kappa shape index (κ1) is 13.3. The number of rotatable bonds is 2. The summed E-state index contributed by atoms with van der Waals surface area (Å²) in [7, 11) is 1.62. The van der Waals surface area contributed by atoms with Crippen LogP contribution in [0.15, 0.2) is 44.6 Å². The molecule has 2 aromatic rings. The van der Waals surface area contributed by atoms with E-state index < -0.39 is 5.54 Å². The number of benzene rings is 1. The zero-order chi connectivity index (χ0) is 14.3. The molecule has 1 amide bonds. The van der Waals surface area contributed by atoms with Gasteiger partial charge in [0.05, 0.1) is 11.2 Å². The largest absolute Gasteiger partial charge is 0.369 e. The van der Waals surface area contributed by atoms with Gasteiger partial charge in [-0.3, -0.25) is 9.69 Å². The minimum Gasteiger partial charge on any atom is -0.369 e. The van der Waals surface area contributed by atoms with Gasteiger partial charge in [-0.15, -0.1) is 11.3 Å². The number of likely N-dealkylation sites (N-methyl/N-ethyl adjacent to an activating group) is 1. The molecule has 0 radical (unpaired) electrons. The summed E-state index contributed by atoms with van der Waals surface area (Å²) >= 11 is 4.85. The van der Waals surface area contributed by atoms with E-state index in [0.29, 0.717) is 5.69 Å². The van der Waals surface area contributed by atoms with E-state index in [0.717, 1.165) is 10.0 Å². The van der Waals surface area contributed by atoms with E-state index in [1.165, 1.54) is 16.2 Å². The first-order chi connectivity index (χ1) is 9.55. The third kappa shape index (κ3) is 1.77. The predicted molar refractivity (Wildman–Crippen MR) is 81.4 cm³/mol. The van der Waals surface area contributed by atoms with E-state index in [9.17, 15) is 4.79 Å². The van der Waals surface area contributed by atoms with Crippen LogP contribution < -0.4 is 5.73 Å². The number of halogens is 1. The Kier molecular flexibility index (Phi) is 3.10. The Hall–Kier alpha value is -1.73. The molecule has 1 atom stereocenters. The zero-order valence-electron chi connectivity index (χ0n) is 10.6. The summed E-state index contributed by atoms with van der Waals surface area (Å²) in [4.78, 5) is 22.8. The van der Waals surface area contributed by atoms with Gasteiger partial charge in [0.1, 0.15) is 0 Å². The summed E-state index contributed by atoms with van der Waals surface area (Å²) in [6.45, 7) is 0. The lowest BCUT2D eigenvalue weighted by Gasteiger charge is -2.23. The summed E-state index contributed by atoms with van der Waals surface area (Å²) in [6, 6.07) is 7.49. The molecule has 0 fully saturated rings. The smallest absolute Gasteiger partial charge is 0.267 e. The van der Waals surface area contributed by atoms with Crippen LogP contribution in [0.2, 0.25) is 0 Å². The van der Waals surface area contributed by atoms with Crippen molar-refractivity contribution in [1.82, 2.24) is 9.88 Å². The predicted octanol–water partition coefficient (Wildman–Crippen LogP) is 1.94. The molecule has 3 rings (SSSR count). The lowest BCUT2D eigenvalue weighted by Crippen LogP contribution is -2.41. The number of carbonyl (C=O) groups is 1. The van der Waals surface area contributed by atoms with Crippen molar-refractivity contribution in [2.24, 2.45) is 10.7 Å². The Balaban J connectivity index is 2.28. The average Bonchev–Trinajstić information content (AvgIpc) is 3.03. The number of thiazole rings is 1. The van der Waals surface area contributed by atoms with E-state index in [4.69, 9.17) is 5.73 Å². The van der Waals surface area contributed by atoms with Gasteiger partial charge in [-0.25, -0.2) is 9.98 Å². The molecule has 5 nitrogen and oxygen atoms in total. The van der Waals surface area contributed by atoms with Crippen LogP contribution in [0.1, 0.15) is 11.3 Å². The molecule has 0 spiro atoms. The fraction of sp³-hybridized carbons (Fsp3) is 0.154. The summed E-state index contributed by atoms with van der Waals surface area (Å²) < 4.78 is 0.876. The maximum Gasteiger partial charge on any atom is 0.267 e. The monoisotopic (exact) mass is 350 g/mol. The van der Waals surface area contributed by atoms with Crippen molar-refractivity contribution >= 4 is 39.1 Å². The Morgan fingerprint density at radius 1 is 1.45 bits per heavy atom. The topological polar surface area (TPSA) is 71.6 Å². The lowest BCUT2D eigenvalue weighted by molar-refractivity contribution is -0.129.